The molecule has 0 saturated heterocycles. The Morgan fingerprint density at radius 1 is 1.83 bits per heavy atom. The van der Waals surface area contributed by atoms with Crippen LogP contribution in [-0.2, 0) is 0 Å². The molecule has 0 atom stereocenters. The molecule has 0 radical (unpaired) electrons. The molecule has 4 nitrogen and oxygen atoms in total. The lowest BCUT2D eigenvalue weighted by Gasteiger charge is -1.90. The third-order valence-corrected chi connectivity index (χ3v) is 1.47. The average Bonchev–Trinajstić information content (AvgIpc) is 2.51. The summed E-state index contributed by atoms with van der Waals surface area (Å²) < 4.78 is 4.77. The van der Waals surface area contributed by atoms with Crippen LogP contribution in [0.1, 0.15) is 18.9 Å². The summed E-state index contributed by atoms with van der Waals surface area (Å²) in [5, 5.41) is 10.4. The summed E-state index contributed by atoms with van der Waals surface area (Å²) in [6, 6.07) is 1.68. The van der Waals surface area contributed by atoms with Gasteiger partial charge in [-0.1, -0.05) is 6.92 Å². The quantitative estimate of drug-likeness (QED) is 0.512. The molecule has 0 amide bonds. The average molecular weight is 167 g/mol. The van der Waals surface area contributed by atoms with Crippen LogP contribution in [0, 0.1) is 10.1 Å². The molecule has 0 fully saturated rings. The van der Waals surface area contributed by atoms with E-state index in [1.54, 1.807) is 13.0 Å². The van der Waals surface area contributed by atoms with E-state index >= 15 is 0 Å². The number of furan rings is 1. The fourth-order valence-corrected chi connectivity index (χ4v) is 0.833. The van der Waals surface area contributed by atoms with Crippen LogP contribution in [-0.4, -0.2) is 4.92 Å². The summed E-state index contributed by atoms with van der Waals surface area (Å²) >= 11 is 0. The van der Waals surface area contributed by atoms with Gasteiger partial charge >= 0.3 is 0 Å². The van der Waals surface area contributed by atoms with Crippen LogP contribution in [0.2, 0.25) is 0 Å². The van der Waals surface area contributed by atoms with Gasteiger partial charge in [-0.05, 0) is 6.07 Å². The van der Waals surface area contributed by atoms with E-state index in [0.29, 0.717) is 6.42 Å². The highest BCUT2D eigenvalue weighted by atomic mass is 16.6. The van der Waals surface area contributed by atoms with Gasteiger partial charge in [0.2, 0.25) is 5.70 Å². The largest absolute Gasteiger partial charge is 0.472 e. The van der Waals surface area contributed by atoms with Crippen molar-refractivity contribution in [1.29, 1.82) is 0 Å². The minimum atomic E-state index is -0.382. The Balaban J connectivity index is 2.85. The standard InChI is InChI=1S/C8H9NO3/c1-2-8(9(10)11)5-7-3-4-12-6-7/h3-6H,2H2,1H3/b8-5-. The minimum Gasteiger partial charge on any atom is -0.472 e. The van der Waals surface area contributed by atoms with Crippen molar-refractivity contribution in [3.8, 4) is 0 Å². The molecule has 0 aromatic carbocycles. The Morgan fingerprint density at radius 3 is 3.00 bits per heavy atom. The van der Waals surface area contributed by atoms with Crippen LogP contribution < -0.4 is 0 Å². The van der Waals surface area contributed by atoms with E-state index in [0.717, 1.165) is 5.56 Å². The van der Waals surface area contributed by atoms with E-state index in [-0.39, 0.29) is 10.6 Å². The summed E-state index contributed by atoms with van der Waals surface area (Å²) in [5.41, 5.74) is 0.917. The van der Waals surface area contributed by atoms with Crippen LogP contribution in [0.15, 0.2) is 28.7 Å². The van der Waals surface area contributed by atoms with Gasteiger partial charge in [-0.15, -0.1) is 0 Å². The van der Waals surface area contributed by atoms with Crippen molar-refractivity contribution in [2.75, 3.05) is 0 Å². The van der Waals surface area contributed by atoms with Gasteiger partial charge in [-0.3, -0.25) is 10.1 Å². The molecule has 4 heteroatoms. The summed E-state index contributed by atoms with van der Waals surface area (Å²) in [6.45, 7) is 1.74. The topological polar surface area (TPSA) is 56.3 Å². The normalized spacial score (nSPS) is 11.6. The molecule has 1 aromatic rings. The van der Waals surface area contributed by atoms with E-state index in [1.807, 2.05) is 0 Å². The predicted octanol–water partition coefficient (Wildman–Crippen LogP) is 2.31. The molecular formula is C8H9NO3. The van der Waals surface area contributed by atoms with Crippen molar-refractivity contribution in [2.24, 2.45) is 0 Å². The van der Waals surface area contributed by atoms with Gasteiger partial charge in [-0.25, -0.2) is 0 Å². The molecule has 0 aliphatic carbocycles. The molecule has 64 valence electrons. The second kappa shape index (κ2) is 3.71. The number of rotatable bonds is 3. The zero-order chi connectivity index (χ0) is 8.97. The molecule has 0 spiro atoms. The number of allylic oxidation sites excluding steroid dienone is 1. The minimum absolute atomic E-state index is 0.191. The van der Waals surface area contributed by atoms with Gasteiger partial charge in [-0.2, -0.15) is 0 Å². The first-order valence-electron chi connectivity index (χ1n) is 3.61. The van der Waals surface area contributed by atoms with Crippen LogP contribution >= 0.6 is 0 Å². The summed E-state index contributed by atoms with van der Waals surface area (Å²) in [7, 11) is 0. The third-order valence-electron chi connectivity index (χ3n) is 1.47. The highest BCUT2D eigenvalue weighted by Gasteiger charge is 2.06. The van der Waals surface area contributed by atoms with Crippen molar-refractivity contribution in [3.05, 3.63) is 40.0 Å². The fourth-order valence-electron chi connectivity index (χ4n) is 0.833. The number of nitro groups is 1. The first-order chi connectivity index (χ1) is 5.74. The highest BCUT2D eigenvalue weighted by Crippen LogP contribution is 2.10. The van der Waals surface area contributed by atoms with E-state index in [2.05, 4.69) is 0 Å². The van der Waals surface area contributed by atoms with Gasteiger partial charge in [0.1, 0.15) is 0 Å². The van der Waals surface area contributed by atoms with Crippen LogP contribution in [0.25, 0.3) is 6.08 Å². The molecule has 0 bridgehead atoms. The van der Waals surface area contributed by atoms with E-state index in [9.17, 15) is 10.1 Å². The SMILES string of the molecule is CC/C(=C/c1ccoc1)[N+](=O)[O-]. The van der Waals surface area contributed by atoms with E-state index in [4.69, 9.17) is 4.42 Å². The zero-order valence-corrected chi connectivity index (χ0v) is 6.69. The van der Waals surface area contributed by atoms with Crippen molar-refractivity contribution in [3.63, 3.8) is 0 Å². The van der Waals surface area contributed by atoms with Gasteiger partial charge in [0.05, 0.1) is 17.4 Å². The maximum Gasteiger partial charge on any atom is 0.246 e. The Morgan fingerprint density at radius 2 is 2.58 bits per heavy atom. The lowest BCUT2D eigenvalue weighted by Crippen LogP contribution is -1.95. The smallest absolute Gasteiger partial charge is 0.246 e. The second-order valence-corrected chi connectivity index (χ2v) is 2.30. The van der Waals surface area contributed by atoms with Crippen LogP contribution in [0.3, 0.4) is 0 Å². The molecule has 0 saturated carbocycles. The molecule has 12 heavy (non-hydrogen) atoms. The predicted molar refractivity (Wildman–Crippen MR) is 44.0 cm³/mol. The molecule has 0 aliphatic rings. The summed E-state index contributed by atoms with van der Waals surface area (Å²) in [6.07, 6.45) is 4.87. The highest BCUT2D eigenvalue weighted by molar-refractivity contribution is 5.48. The molecule has 1 aromatic heterocycles. The first kappa shape index (κ1) is 8.52. The summed E-state index contributed by atoms with van der Waals surface area (Å²) in [5.74, 6) is 0. The van der Waals surface area contributed by atoms with Gasteiger partial charge in [0.25, 0.3) is 0 Å². The number of hydrogen-bond donors (Lipinski definition) is 0. The molecular weight excluding hydrogens is 158 g/mol. The maximum absolute atomic E-state index is 10.4. The van der Waals surface area contributed by atoms with Crippen molar-refractivity contribution >= 4 is 6.08 Å². The Hall–Kier alpha value is -1.58. The first-order valence-corrected chi connectivity index (χ1v) is 3.61. The Labute approximate surface area is 69.6 Å². The second-order valence-electron chi connectivity index (χ2n) is 2.30. The van der Waals surface area contributed by atoms with Crippen LogP contribution in [0.4, 0.5) is 0 Å². The van der Waals surface area contributed by atoms with Crippen molar-refractivity contribution < 1.29 is 9.34 Å². The number of nitrogens with zero attached hydrogens (tertiary/aromatic N) is 1. The molecule has 0 unspecified atom stereocenters. The van der Waals surface area contributed by atoms with Gasteiger partial charge < -0.3 is 4.42 Å². The monoisotopic (exact) mass is 167 g/mol. The summed E-state index contributed by atoms with van der Waals surface area (Å²) in [4.78, 5) is 9.98. The maximum atomic E-state index is 10.4. The molecule has 1 heterocycles. The van der Waals surface area contributed by atoms with Gasteiger partial charge in [0, 0.05) is 18.1 Å². The molecule has 0 N–H and O–H groups in total. The van der Waals surface area contributed by atoms with E-state index < -0.39 is 0 Å². The fraction of sp³-hybridized carbons (Fsp3) is 0.250. The lowest BCUT2D eigenvalue weighted by atomic mass is 10.2. The Kier molecular flexibility index (Phi) is 2.63. The van der Waals surface area contributed by atoms with Crippen molar-refractivity contribution in [2.45, 2.75) is 13.3 Å². The molecule has 0 aliphatic heterocycles. The third kappa shape index (κ3) is 1.95. The Bertz CT molecular complexity index is 287. The van der Waals surface area contributed by atoms with Gasteiger partial charge in [0.15, 0.2) is 0 Å². The number of hydrogen-bond acceptors (Lipinski definition) is 3. The van der Waals surface area contributed by atoms with E-state index in [1.165, 1.54) is 18.6 Å². The zero-order valence-electron chi connectivity index (χ0n) is 6.69. The molecule has 1 rings (SSSR count). The lowest BCUT2D eigenvalue weighted by molar-refractivity contribution is -0.425. The van der Waals surface area contributed by atoms with Crippen molar-refractivity contribution in [1.82, 2.24) is 0 Å². The van der Waals surface area contributed by atoms with Crippen LogP contribution in [0.5, 0.6) is 0 Å².